The molecule has 0 aromatic heterocycles. The van der Waals surface area contributed by atoms with E-state index in [-0.39, 0.29) is 19.0 Å². The Hall–Kier alpha value is -6.36. The molecule has 0 spiro atoms. The Balaban J connectivity index is 1.10. The Bertz CT molecular complexity index is 1920. The number of nitrogens with one attached hydrogen (secondary N) is 4. The summed E-state index contributed by atoms with van der Waals surface area (Å²) in [6, 6.07) is 35.1. The topological polar surface area (TPSA) is 129 Å². The van der Waals surface area contributed by atoms with E-state index in [1.165, 1.54) is 5.69 Å². The SMILES string of the molecule is C=CC(=O)OCCCCC(=O)Oc1ccc(/N=N/c2ccc(NNc3ccc(NNc4ccc(N(CC)CC)cc4)c4ccccc34)cc2)cc1. The number of carbonyl (C=O) groups excluding carboxylic acids is 2. The molecule has 0 amide bonds. The zero-order valence-corrected chi connectivity index (χ0v) is 28.9. The minimum atomic E-state index is -0.473. The number of hydrogen-bond acceptors (Lipinski definition) is 11. The summed E-state index contributed by atoms with van der Waals surface area (Å²) >= 11 is 0. The van der Waals surface area contributed by atoms with Crippen LogP contribution in [-0.2, 0) is 14.3 Å². The van der Waals surface area contributed by atoms with Crippen molar-refractivity contribution >= 4 is 62.5 Å². The first-order valence-corrected chi connectivity index (χ1v) is 17.0. The molecule has 5 aromatic rings. The van der Waals surface area contributed by atoms with Crippen LogP contribution in [0, 0.1) is 0 Å². The van der Waals surface area contributed by atoms with Crippen molar-refractivity contribution in [2.75, 3.05) is 46.3 Å². The number of rotatable bonds is 18. The summed E-state index contributed by atoms with van der Waals surface area (Å²) in [7, 11) is 0. The summed E-state index contributed by atoms with van der Waals surface area (Å²) in [5.74, 6) is -0.406. The summed E-state index contributed by atoms with van der Waals surface area (Å²) in [6.07, 6.45) is 2.45. The van der Waals surface area contributed by atoms with Crippen molar-refractivity contribution in [1.82, 2.24) is 0 Å². The number of nitrogens with zero attached hydrogens (tertiary/aromatic N) is 3. The van der Waals surface area contributed by atoms with Crippen molar-refractivity contribution in [2.24, 2.45) is 10.2 Å². The lowest BCUT2D eigenvalue weighted by Gasteiger charge is -2.21. The van der Waals surface area contributed by atoms with Crippen LogP contribution in [0.1, 0.15) is 33.1 Å². The van der Waals surface area contributed by atoms with Gasteiger partial charge in [-0.25, -0.2) is 4.79 Å². The predicted molar refractivity (Wildman–Crippen MR) is 206 cm³/mol. The quantitative estimate of drug-likeness (QED) is 0.0178. The number of fused-ring (bicyclic) bond motifs is 1. The summed E-state index contributed by atoms with van der Waals surface area (Å²) < 4.78 is 10.3. The average molecular weight is 686 g/mol. The molecule has 0 bridgehead atoms. The van der Waals surface area contributed by atoms with Gasteiger partial charge in [-0.3, -0.25) is 4.79 Å². The smallest absolute Gasteiger partial charge is 0.330 e. The van der Waals surface area contributed by atoms with Gasteiger partial charge in [-0.05, 0) is 112 Å². The van der Waals surface area contributed by atoms with Crippen LogP contribution in [0.2, 0.25) is 0 Å². The third-order valence-electron chi connectivity index (χ3n) is 8.01. The second kappa shape index (κ2) is 18.4. The Morgan fingerprint density at radius 2 is 1.22 bits per heavy atom. The third kappa shape index (κ3) is 10.6. The molecule has 0 atom stereocenters. The second-order valence-electron chi connectivity index (χ2n) is 11.5. The van der Waals surface area contributed by atoms with Gasteiger partial charge < -0.3 is 36.1 Å². The van der Waals surface area contributed by atoms with Gasteiger partial charge in [0.1, 0.15) is 5.75 Å². The van der Waals surface area contributed by atoms with Crippen molar-refractivity contribution in [1.29, 1.82) is 0 Å². The maximum Gasteiger partial charge on any atom is 0.330 e. The average Bonchev–Trinajstić information content (AvgIpc) is 3.17. The normalized spacial score (nSPS) is 10.8. The number of ether oxygens (including phenoxy) is 2. The fourth-order valence-electron chi connectivity index (χ4n) is 5.23. The van der Waals surface area contributed by atoms with Gasteiger partial charge in [-0.2, -0.15) is 10.2 Å². The van der Waals surface area contributed by atoms with E-state index in [1.54, 1.807) is 24.3 Å². The Kier molecular flexibility index (Phi) is 13.0. The minimum Gasteiger partial charge on any atom is -0.463 e. The van der Waals surface area contributed by atoms with Crippen LogP contribution >= 0.6 is 0 Å². The second-order valence-corrected chi connectivity index (χ2v) is 11.5. The molecular weight excluding hydrogens is 642 g/mol. The molecule has 11 heteroatoms. The molecule has 5 rings (SSSR count). The first-order chi connectivity index (χ1) is 24.9. The van der Waals surface area contributed by atoms with Crippen molar-refractivity contribution in [2.45, 2.75) is 33.1 Å². The van der Waals surface area contributed by atoms with E-state index in [9.17, 15) is 9.59 Å². The number of anilines is 5. The lowest BCUT2D eigenvalue weighted by atomic mass is 10.1. The standard InChI is InChI=1S/C40H43N7O4/c1-4-39(48)50-28-10-9-13-40(49)51-34-24-20-32(21-25-34)42-41-29-14-16-30(17-15-29)43-45-37-26-27-38(36-12-8-7-11-35(36)37)46-44-31-18-22-33(23-19-31)47(5-2)6-3/h4,7-8,11-12,14-27,43-46H,1,5-6,9-10,13,28H2,2-3H3/b42-41+. The first-order valence-electron chi connectivity index (χ1n) is 17.0. The van der Waals surface area contributed by atoms with Crippen LogP contribution in [0.3, 0.4) is 0 Å². The van der Waals surface area contributed by atoms with Crippen LogP contribution in [0.25, 0.3) is 10.8 Å². The number of azo groups is 1. The van der Waals surface area contributed by atoms with E-state index < -0.39 is 5.97 Å². The summed E-state index contributed by atoms with van der Waals surface area (Å²) in [5, 5.41) is 10.7. The number of benzene rings is 5. The number of unbranched alkanes of at least 4 members (excludes halogenated alkanes) is 1. The van der Waals surface area contributed by atoms with Gasteiger partial charge in [-0.15, -0.1) is 0 Å². The molecule has 262 valence electrons. The van der Waals surface area contributed by atoms with Crippen molar-refractivity contribution in [3.63, 3.8) is 0 Å². The summed E-state index contributed by atoms with van der Waals surface area (Å²) in [4.78, 5) is 25.4. The predicted octanol–water partition coefficient (Wildman–Crippen LogP) is 9.78. The van der Waals surface area contributed by atoms with Crippen LogP contribution < -0.4 is 31.3 Å². The highest BCUT2D eigenvalue weighted by Crippen LogP contribution is 2.31. The summed E-state index contributed by atoms with van der Waals surface area (Å²) in [6.45, 7) is 9.86. The van der Waals surface area contributed by atoms with Gasteiger partial charge in [0, 0.05) is 42.0 Å². The third-order valence-corrected chi connectivity index (χ3v) is 8.01. The lowest BCUT2D eigenvalue weighted by molar-refractivity contribution is -0.137. The van der Waals surface area contributed by atoms with Crippen molar-refractivity contribution < 1.29 is 19.1 Å². The van der Waals surface area contributed by atoms with Gasteiger partial charge in [0.25, 0.3) is 0 Å². The molecular formula is C40H43N7O4. The summed E-state index contributed by atoms with van der Waals surface area (Å²) in [5.41, 5.74) is 19.6. The van der Waals surface area contributed by atoms with E-state index in [0.717, 1.165) is 52.7 Å². The molecule has 51 heavy (non-hydrogen) atoms. The van der Waals surface area contributed by atoms with Crippen LogP contribution in [0.4, 0.5) is 39.8 Å². The minimum absolute atomic E-state index is 0.221. The first kappa shape index (κ1) is 35.9. The Labute approximate surface area is 298 Å². The molecule has 0 aliphatic rings. The van der Waals surface area contributed by atoms with Gasteiger partial charge in [0.15, 0.2) is 0 Å². The van der Waals surface area contributed by atoms with Crippen LogP contribution in [0.15, 0.2) is 132 Å². The zero-order valence-electron chi connectivity index (χ0n) is 28.9. The fraction of sp³-hybridized carbons (Fsp3) is 0.200. The number of hydrazine groups is 2. The molecule has 0 fully saturated rings. The van der Waals surface area contributed by atoms with E-state index in [0.29, 0.717) is 30.0 Å². The highest BCUT2D eigenvalue weighted by molar-refractivity contribution is 6.02. The molecule has 4 N–H and O–H groups in total. The van der Waals surface area contributed by atoms with E-state index in [4.69, 9.17) is 9.47 Å². The molecule has 0 radical (unpaired) electrons. The van der Waals surface area contributed by atoms with Crippen molar-refractivity contribution in [3.05, 3.63) is 122 Å². The van der Waals surface area contributed by atoms with Gasteiger partial charge in [-0.1, -0.05) is 30.8 Å². The molecule has 5 aromatic carbocycles. The largest absolute Gasteiger partial charge is 0.463 e. The molecule has 0 saturated heterocycles. The van der Waals surface area contributed by atoms with E-state index in [1.807, 2.05) is 48.5 Å². The Morgan fingerprint density at radius 1 is 0.686 bits per heavy atom. The van der Waals surface area contributed by atoms with Crippen LogP contribution in [0.5, 0.6) is 5.75 Å². The molecule has 0 aliphatic carbocycles. The highest BCUT2D eigenvalue weighted by Gasteiger charge is 2.08. The zero-order chi connectivity index (χ0) is 35.8. The molecule has 0 aliphatic heterocycles. The van der Waals surface area contributed by atoms with Crippen LogP contribution in [-0.4, -0.2) is 31.6 Å². The van der Waals surface area contributed by atoms with Gasteiger partial charge >= 0.3 is 11.9 Å². The van der Waals surface area contributed by atoms with Gasteiger partial charge in [0.05, 0.1) is 40.7 Å². The highest BCUT2D eigenvalue weighted by atomic mass is 16.5. The maximum atomic E-state index is 12.1. The van der Waals surface area contributed by atoms with E-state index in [2.05, 4.69) is 93.7 Å². The fourth-order valence-corrected chi connectivity index (χ4v) is 5.23. The molecule has 11 nitrogen and oxygen atoms in total. The number of carbonyl (C=O) groups is 2. The number of hydrogen-bond donors (Lipinski definition) is 4. The maximum absolute atomic E-state index is 12.1. The molecule has 0 heterocycles. The molecule has 0 saturated carbocycles. The van der Waals surface area contributed by atoms with E-state index >= 15 is 0 Å². The molecule has 0 unspecified atom stereocenters. The lowest BCUT2D eigenvalue weighted by Crippen LogP contribution is -2.21. The van der Waals surface area contributed by atoms with Crippen molar-refractivity contribution in [3.8, 4) is 5.75 Å². The monoisotopic (exact) mass is 685 g/mol. The van der Waals surface area contributed by atoms with Gasteiger partial charge in [0.2, 0.25) is 0 Å². The number of esters is 2. The Morgan fingerprint density at radius 3 is 1.75 bits per heavy atom.